The molecule has 0 radical (unpaired) electrons. The van der Waals surface area contributed by atoms with E-state index in [0.29, 0.717) is 0 Å². The third-order valence-corrected chi connectivity index (χ3v) is 7.10. The van der Waals surface area contributed by atoms with E-state index in [9.17, 15) is 0 Å². The quantitative estimate of drug-likeness (QED) is 0.233. The van der Waals surface area contributed by atoms with E-state index in [0.717, 1.165) is 42.5 Å². The molecular weight excluding hydrogens is 388 g/mol. The maximum atomic E-state index is 4.59. The molecule has 32 heavy (non-hydrogen) atoms. The molecule has 3 rings (SSSR count). The summed E-state index contributed by atoms with van der Waals surface area (Å²) in [5.41, 5.74) is 3.75. The fourth-order valence-corrected chi connectivity index (χ4v) is 4.92. The molecule has 0 amide bonds. The standard InChI is InChI=1S/C30H44N2/c1-3-5-7-11-25-15-17-26(18-16-25)12-9-10-13-27-19-21-29(22-20-27)30-31-23-28(24-32-30)14-8-6-4-2/h9,12,19-26H,3-8,10-11,13-18H2,1-2H3/t25-,26-. The molecule has 0 bridgehead atoms. The molecule has 0 atom stereocenters. The van der Waals surface area contributed by atoms with E-state index in [-0.39, 0.29) is 0 Å². The van der Waals surface area contributed by atoms with Crippen LogP contribution in [0.3, 0.4) is 0 Å². The van der Waals surface area contributed by atoms with Gasteiger partial charge in [0.1, 0.15) is 0 Å². The van der Waals surface area contributed by atoms with E-state index in [1.54, 1.807) is 0 Å². The van der Waals surface area contributed by atoms with Crippen LogP contribution in [0.4, 0.5) is 0 Å². The van der Waals surface area contributed by atoms with Crippen LogP contribution in [0.15, 0.2) is 48.8 Å². The average Bonchev–Trinajstić information content (AvgIpc) is 2.84. The highest BCUT2D eigenvalue weighted by atomic mass is 14.9. The molecule has 1 aromatic heterocycles. The third kappa shape index (κ3) is 8.52. The number of allylic oxidation sites excluding steroid dienone is 2. The maximum Gasteiger partial charge on any atom is 0.159 e. The minimum absolute atomic E-state index is 0.821. The second-order valence-electron chi connectivity index (χ2n) is 9.81. The van der Waals surface area contributed by atoms with Crippen LogP contribution < -0.4 is 0 Å². The highest BCUT2D eigenvalue weighted by Gasteiger charge is 2.18. The molecule has 2 aromatic rings. The largest absolute Gasteiger partial charge is 0.236 e. The lowest BCUT2D eigenvalue weighted by Crippen LogP contribution is -2.13. The number of aryl methyl sites for hydroxylation is 2. The van der Waals surface area contributed by atoms with Gasteiger partial charge in [0.15, 0.2) is 5.82 Å². The van der Waals surface area contributed by atoms with Gasteiger partial charge in [-0.2, -0.15) is 0 Å². The molecule has 0 spiro atoms. The summed E-state index contributed by atoms with van der Waals surface area (Å²) in [5.74, 6) is 2.66. The minimum atomic E-state index is 0.821. The van der Waals surface area contributed by atoms with Crippen LogP contribution in [0.2, 0.25) is 0 Å². The molecule has 1 saturated carbocycles. The van der Waals surface area contributed by atoms with Crippen molar-refractivity contribution in [2.24, 2.45) is 11.8 Å². The van der Waals surface area contributed by atoms with Crippen LogP contribution in [-0.4, -0.2) is 9.97 Å². The second kappa shape index (κ2) is 14.2. The fourth-order valence-electron chi connectivity index (χ4n) is 4.92. The summed E-state index contributed by atoms with van der Waals surface area (Å²) in [6.07, 6.45) is 27.4. The van der Waals surface area contributed by atoms with Crippen molar-refractivity contribution >= 4 is 0 Å². The van der Waals surface area contributed by atoms with Crippen molar-refractivity contribution in [3.63, 3.8) is 0 Å². The zero-order chi connectivity index (χ0) is 22.4. The first kappa shape index (κ1) is 24.7. The van der Waals surface area contributed by atoms with Gasteiger partial charge in [-0.05, 0) is 74.3 Å². The van der Waals surface area contributed by atoms with Crippen molar-refractivity contribution in [3.8, 4) is 11.4 Å². The van der Waals surface area contributed by atoms with Crippen LogP contribution in [0.25, 0.3) is 11.4 Å². The Kier molecular flexibility index (Phi) is 11.0. The van der Waals surface area contributed by atoms with Gasteiger partial charge in [-0.15, -0.1) is 0 Å². The van der Waals surface area contributed by atoms with Crippen LogP contribution in [0.5, 0.6) is 0 Å². The lowest BCUT2D eigenvalue weighted by molar-refractivity contribution is 0.289. The summed E-state index contributed by atoms with van der Waals surface area (Å²) in [7, 11) is 0. The van der Waals surface area contributed by atoms with Crippen molar-refractivity contribution in [3.05, 3.63) is 59.9 Å². The van der Waals surface area contributed by atoms with Crippen molar-refractivity contribution in [1.82, 2.24) is 9.97 Å². The molecule has 1 aromatic carbocycles. The Labute approximate surface area is 197 Å². The summed E-state index contributed by atoms with van der Waals surface area (Å²) in [4.78, 5) is 9.18. The normalized spacial score (nSPS) is 18.9. The molecule has 1 fully saturated rings. The summed E-state index contributed by atoms with van der Waals surface area (Å²) < 4.78 is 0. The summed E-state index contributed by atoms with van der Waals surface area (Å²) in [6, 6.07) is 8.82. The molecule has 174 valence electrons. The van der Waals surface area contributed by atoms with E-state index >= 15 is 0 Å². The number of aromatic nitrogens is 2. The van der Waals surface area contributed by atoms with Crippen LogP contribution in [0, 0.1) is 11.8 Å². The van der Waals surface area contributed by atoms with Gasteiger partial charge < -0.3 is 0 Å². The van der Waals surface area contributed by atoms with Gasteiger partial charge in [-0.3, -0.25) is 0 Å². The molecule has 0 unspecified atom stereocenters. The Hall–Kier alpha value is -1.96. The predicted octanol–water partition coefficient (Wildman–Crippen LogP) is 8.75. The second-order valence-corrected chi connectivity index (χ2v) is 9.81. The zero-order valence-corrected chi connectivity index (χ0v) is 20.6. The van der Waals surface area contributed by atoms with E-state index < -0.39 is 0 Å². The minimum Gasteiger partial charge on any atom is -0.236 e. The number of unbranched alkanes of at least 4 members (excludes halogenated alkanes) is 4. The Morgan fingerprint density at radius 2 is 1.47 bits per heavy atom. The zero-order valence-electron chi connectivity index (χ0n) is 20.6. The first-order valence-electron chi connectivity index (χ1n) is 13.3. The summed E-state index contributed by atoms with van der Waals surface area (Å²) in [6.45, 7) is 4.54. The topological polar surface area (TPSA) is 25.8 Å². The Balaban J connectivity index is 1.37. The SMILES string of the molecule is CCCCCc1cnc(-c2ccc(CCC=C[C@H]3CC[C@H](CCCCC)CC3)cc2)nc1. The van der Waals surface area contributed by atoms with Crippen LogP contribution in [0.1, 0.15) is 102 Å². The first-order valence-corrected chi connectivity index (χ1v) is 13.3. The van der Waals surface area contributed by atoms with Gasteiger partial charge in [0.05, 0.1) is 0 Å². The molecule has 0 saturated heterocycles. The van der Waals surface area contributed by atoms with Gasteiger partial charge in [-0.25, -0.2) is 9.97 Å². The highest BCUT2D eigenvalue weighted by molar-refractivity contribution is 5.55. The Morgan fingerprint density at radius 3 is 2.16 bits per heavy atom. The molecule has 2 heteroatoms. The summed E-state index contributed by atoms with van der Waals surface area (Å²) in [5, 5.41) is 0. The van der Waals surface area contributed by atoms with Crippen molar-refractivity contribution in [2.45, 2.75) is 104 Å². The molecule has 2 nitrogen and oxygen atoms in total. The molecular formula is C30H44N2. The number of rotatable bonds is 13. The van der Waals surface area contributed by atoms with Crippen molar-refractivity contribution in [2.75, 3.05) is 0 Å². The van der Waals surface area contributed by atoms with Gasteiger partial charge in [0.25, 0.3) is 0 Å². The number of hydrogen-bond acceptors (Lipinski definition) is 2. The number of benzene rings is 1. The summed E-state index contributed by atoms with van der Waals surface area (Å²) >= 11 is 0. The van der Waals surface area contributed by atoms with Gasteiger partial charge >= 0.3 is 0 Å². The Morgan fingerprint density at radius 1 is 0.781 bits per heavy atom. The molecule has 1 aliphatic carbocycles. The van der Waals surface area contributed by atoms with E-state index in [2.05, 4.69) is 60.2 Å². The Bertz CT molecular complexity index is 767. The average molecular weight is 433 g/mol. The monoisotopic (exact) mass is 432 g/mol. The lowest BCUT2D eigenvalue weighted by Gasteiger charge is -2.26. The first-order chi connectivity index (χ1) is 15.8. The molecule has 0 aliphatic heterocycles. The lowest BCUT2D eigenvalue weighted by atomic mass is 9.79. The van der Waals surface area contributed by atoms with E-state index in [1.165, 1.54) is 81.8 Å². The molecule has 0 N–H and O–H groups in total. The predicted molar refractivity (Wildman–Crippen MR) is 138 cm³/mol. The van der Waals surface area contributed by atoms with Gasteiger partial charge in [0, 0.05) is 18.0 Å². The molecule has 1 aliphatic rings. The fraction of sp³-hybridized carbons (Fsp3) is 0.600. The van der Waals surface area contributed by atoms with Gasteiger partial charge in [-0.1, -0.05) is 88.8 Å². The van der Waals surface area contributed by atoms with Crippen molar-refractivity contribution in [1.29, 1.82) is 0 Å². The van der Waals surface area contributed by atoms with Crippen LogP contribution in [-0.2, 0) is 12.8 Å². The number of nitrogens with zero attached hydrogens (tertiary/aromatic N) is 2. The van der Waals surface area contributed by atoms with Gasteiger partial charge in [0.2, 0.25) is 0 Å². The third-order valence-electron chi connectivity index (χ3n) is 7.10. The number of hydrogen-bond donors (Lipinski definition) is 0. The van der Waals surface area contributed by atoms with Crippen molar-refractivity contribution < 1.29 is 0 Å². The van der Waals surface area contributed by atoms with E-state index in [4.69, 9.17) is 0 Å². The maximum absolute atomic E-state index is 4.59. The highest BCUT2D eigenvalue weighted by Crippen LogP contribution is 2.32. The van der Waals surface area contributed by atoms with Crippen LogP contribution >= 0.6 is 0 Å². The molecule has 1 heterocycles. The van der Waals surface area contributed by atoms with E-state index in [1.807, 2.05) is 12.4 Å². The smallest absolute Gasteiger partial charge is 0.159 e.